The van der Waals surface area contributed by atoms with Gasteiger partial charge in [0.15, 0.2) is 11.6 Å². The zero-order valence-corrected chi connectivity index (χ0v) is 24.7. The Labute approximate surface area is 239 Å². The number of nitrogens with one attached hydrogen (secondary N) is 1. The van der Waals surface area contributed by atoms with Gasteiger partial charge in [-0.25, -0.2) is 0 Å². The van der Waals surface area contributed by atoms with E-state index in [9.17, 15) is 14.4 Å². The Balaban J connectivity index is 1.83. The van der Waals surface area contributed by atoms with Crippen LogP contribution >= 0.6 is 0 Å². The number of unbranched alkanes of at least 4 members (excludes halogenated alkanes) is 1. The first kappa shape index (κ1) is 31.3. The molecular weight excluding hydrogens is 506 g/mol. The number of hydrogen-bond donors (Lipinski definition) is 1. The largest absolute Gasteiger partial charge is 0.493 e. The van der Waals surface area contributed by atoms with Crippen LogP contribution in [0.5, 0.6) is 11.5 Å². The molecule has 0 aliphatic heterocycles. The number of ether oxygens (including phenoxy) is 3. The number of benzene rings is 2. The van der Waals surface area contributed by atoms with Crippen molar-refractivity contribution < 1.29 is 28.6 Å². The summed E-state index contributed by atoms with van der Waals surface area (Å²) in [5.41, 5.74) is 1.68. The highest BCUT2D eigenvalue weighted by atomic mass is 16.5. The van der Waals surface area contributed by atoms with Gasteiger partial charge < -0.3 is 19.5 Å². The van der Waals surface area contributed by atoms with Gasteiger partial charge in [0.05, 0.1) is 19.3 Å². The van der Waals surface area contributed by atoms with Gasteiger partial charge in [0.25, 0.3) is 0 Å². The van der Waals surface area contributed by atoms with Gasteiger partial charge in [0.2, 0.25) is 5.91 Å². The van der Waals surface area contributed by atoms with Crippen molar-refractivity contribution in [2.45, 2.75) is 91.2 Å². The normalized spacial score (nSPS) is 18.9. The lowest BCUT2D eigenvalue weighted by atomic mass is 9.71. The molecule has 1 aliphatic rings. The fraction of sp³-hybridized carbons (Fsp3) is 0.545. The second-order valence-electron chi connectivity index (χ2n) is 10.6. The van der Waals surface area contributed by atoms with Crippen molar-refractivity contribution in [3.63, 3.8) is 0 Å². The molecule has 1 aliphatic carbocycles. The molecule has 1 atom stereocenters. The molecule has 0 saturated heterocycles. The van der Waals surface area contributed by atoms with Gasteiger partial charge in [-0.3, -0.25) is 14.4 Å². The molecule has 0 radical (unpaired) electrons. The van der Waals surface area contributed by atoms with Crippen molar-refractivity contribution in [3.8, 4) is 11.5 Å². The predicted octanol–water partition coefficient (Wildman–Crippen LogP) is 5.90. The molecule has 0 heterocycles. The van der Waals surface area contributed by atoms with E-state index in [0.29, 0.717) is 62.6 Å². The summed E-state index contributed by atoms with van der Waals surface area (Å²) in [7, 11) is 0. The first-order valence-corrected chi connectivity index (χ1v) is 14.6. The lowest BCUT2D eigenvalue weighted by molar-refractivity contribution is -0.144. The molecule has 2 aromatic rings. The summed E-state index contributed by atoms with van der Waals surface area (Å²) in [5.74, 6) is 0.283. The smallest absolute Gasteiger partial charge is 0.224 e. The predicted molar refractivity (Wildman–Crippen MR) is 156 cm³/mol. The number of hydrogen-bond acceptors (Lipinski definition) is 6. The van der Waals surface area contributed by atoms with E-state index in [0.717, 1.165) is 24.8 Å². The first-order valence-electron chi connectivity index (χ1n) is 14.6. The van der Waals surface area contributed by atoms with Crippen LogP contribution in [-0.2, 0) is 27.2 Å². The van der Waals surface area contributed by atoms with E-state index in [2.05, 4.69) is 17.4 Å². The minimum absolute atomic E-state index is 0.0138. The third-order valence-electron chi connectivity index (χ3n) is 7.63. The molecule has 218 valence electrons. The third-order valence-corrected chi connectivity index (χ3v) is 7.63. The van der Waals surface area contributed by atoms with E-state index >= 15 is 0 Å². The van der Waals surface area contributed by atoms with E-state index in [1.807, 2.05) is 51.1 Å². The molecule has 7 heteroatoms. The van der Waals surface area contributed by atoms with Crippen LogP contribution in [0.4, 0.5) is 0 Å². The number of amides is 1. The Hall–Kier alpha value is -3.19. The maximum absolute atomic E-state index is 13.8. The highest BCUT2D eigenvalue weighted by Gasteiger charge is 2.50. The Kier molecular flexibility index (Phi) is 11.7. The molecule has 1 saturated carbocycles. The molecule has 1 amide bonds. The average molecular weight is 552 g/mol. The zero-order valence-electron chi connectivity index (χ0n) is 24.7. The number of Topliss-reactive ketones (excluding diaryl/α,β-unsaturated/α-hetero) is 2. The summed E-state index contributed by atoms with van der Waals surface area (Å²) in [6.45, 7) is 10.1. The Morgan fingerprint density at radius 1 is 0.900 bits per heavy atom. The number of aryl methyl sites for hydroxylation is 1. The third kappa shape index (κ3) is 8.17. The van der Waals surface area contributed by atoms with E-state index < -0.39 is 5.54 Å². The van der Waals surface area contributed by atoms with E-state index in [1.54, 1.807) is 6.92 Å². The van der Waals surface area contributed by atoms with E-state index in [1.165, 1.54) is 12.5 Å². The van der Waals surface area contributed by atoms with Crippen LogP contribution in [-0.4, -0.2) is 48.9 Å². The highest BCUT2D eigenvalue weighted by Crippen LogP contribution is 2.37. The molecule has 0 bridgehead atoms. The fourth-order valence-electron chi connectivity index (χ4n) is 5.51. The zero-order chi connectivity index (χ0) is 29.1. The standard InChI is InChI=1S/C33H45NO6/c1-6-38-28-21-33(22-28,24(5)36)34-32(37)27(17-13-12-16-25-14-10-9-11-15-25)18-26-19-29(39-7-2)31(23(4)35)30(20-26)40-8-3/h9-11,14-15,19-20,27-28H,6-8,12-13,16-18,21-22H2,1-5H3,(H,34,37). The molecule has 3 rings (SSSR count). The van der Waals surface area contributed by atoms with E-state index in [-0.39, 0.29) is 29.5 Å². The molecule has 2 aromatic carbocycles. The maximum Gasteiger partial charge on any atom is 0.224 e. The van der Waals surface area contributed by atoms with Crippen LogP contribution < -0.4 is 14.8 Å². The van der Waals surface area contributed by atoms with Crippen molar-refractivity contribution in [2.75, 3.05) is 19.8 Å². The summed E-state index contributed by atoms with van der Waals surface area (Å²) < 4.78 is 17.3. The average Bonchev–Trinajstić information content (AvgIpc) is 2.89. The Bertz CT molecular complexity index is 1110. The van der Waals surface area contributed by atoms with Crippen LogP contribution in [0.2, 0.25) is 0 Å². The van der Waals surface area contributed by atoms with Gasteiger partial charge >= 0.3 is 0 Å². The summed E-state index contributed by atoms with van der Waals surface area (Å²) >= 11 is 0. The van der Waals surface area contributed by atoms with Gasteiger partial charge in [-0.15, -0.1) is 0 Å². The van der Waals surface area contributed by atoms with Crippen molar-refractivity contribution in [2.24, 2.45) is 5.92 Å². The molecule has 0 aromatic heterocycles. The van der Waals surface area contributed by atoms with Crippen LogP contribution in [0.3, 0.4) is 0 Å². The minimum Gasteiger partial charge on any atom is -0.493 e. The number of ketones is 2. The lowest BCUT2D eigenvalue weighted by Gasteiger charge is -2.46. The highest BCUT2D eigenvalue weighted by molar-refractivity contribution is 6.00. The summed E-state index contributed by atoms with van der Waals surface area (Å²) in [5, 5.41) is 3.12. The molecule has 7 nitrogen and oxygen atoms in total. The van der Waals surface area contributed by atoms with Crippen molar-refractivity contribution in [1.82, 2.24) is 5.32 Å². The SMILES string of the molecule is CCOc1cc(CC(CCCCc2ccccc2)C(=O)NC2(C(C)=O)CC(OCC)C2)cc(OCC)c1C(C)=O. The van der Waals surface area contributed by atoms with Gasteiger partial charge in [0.1, 0.15) is 22.6 Å². The van der Waals surface area contributed by atoms with Crippen molar-refractivity contribution in [3.05, 3.63) is 59.2 Å². The van der Waals surface area contributed by atoms with Gasteiger partial charge in [0, 0.05) is 25.4 Å². The second kappa shape index (κ2) is 15.0. The minimum atomic E-state index is -0.870. The molecule has 0 spiro atoms. The van der Waals surface area contributed by atoms with Gasteiger partial charge in [-0.2, -0.15) is 0 Å². The van der Waals surface area contributed by atoms with Crippen molar-refractivity contribution >= 4 is 17.5 Å². The van der Waals surface area contributed by atoms with Crippen LogP contribution in [0.15, 0.2) is 42.5 Å². The Morgan fingerprint density at radius 3 is 2.05 bits per heavy atom. The van der Waals surface area contributed by atoms with Crippen molar-refractivity contribution in [1.29, 1.82) is 0 Å². The second-order valence-corrected chi connectivity index (χ2v) is 10.6. The van der Waals surface area contributed by atoms with Crippen LogP contribution in [0, 0.1) is 5.92 Å². The maximum atomic E-state index is 13.8. The van der Waals surface area contributed by atoms with E-state index in [4.69, 9.17) is 14.2 Å². The Morgan fingerprint density at radius 2 is 1.52 bits per heavy atom. The topological polar surface area (TPSA) is 90.9 Å². The fourth-order valence-corrected chi connectivity index (χ4v) is 5.51. The molecule has 1 N–H and O–H groups in total. The van der Waals surface area contributed by atoms with Crippen LogP contribution in [0.1, 0.15) is 88.2 Å². The number of carbonyl (C=O) groups excluding carboxylic acids is 3. The monoisotopic (exact) mass is 551 g/mol. The van der Waals surface area contributed by atoms with Gasteiger partial charge in [-0.05, 0) is 83.6 Å². The van der Waals surface area contributed by atoms with Gasteiger partial charge in [-0.1, -0.05) is 36.8 Å². The lowest BCUT2D eigenvalue weighted by Crippen LogP contribution is -2.65. The summed E-state index contributed by atoms with van der Waals surface area (Å²) in [6.07, 6.45) is 4.86. The molecular formula is C33H45NO6. The summed E-state index contributed by atoms with van der Waals surface area (Å²) in [4.78, 5) is 38.8. The number of carbonyl (C=O) groups is 3. The molecule has 1 unspecified atom stereocenters. The summed E-state index contributed by atoms with van der Waals surface area (Å²) in [6, 6.07) is 14.0. The quantitative estimate of drug-likeness (QED) is 0.194. The number of rotatable bonds is 17. The van der Waals surface area contributed by atoms with Crippen LogP contribution in [0.25, 0.3) is 0 Å². The molecule has 1 fully saturated rings. The molecule has 40 heavy (non-hydrogen) atoms. The first-order chi connectivity index (χ1) is 19.2.